The molecule has 0 fully saturated rings. The molecule has 0 aliphatic carbocycles. The summed E-state index contributed by atoms with van der Waals surface area (Å²) in [6, 6.07) is 0. The van der Waals surface area contributed by atoms with Gasteiger partial charge in [0.15, 0.2) is 0 Å². The summed E-state index contributed by atoms with van der Waals surface area (Å²) in [4.78, 5) is 0. The second-order valence-electron chi connectivity index (χ2n) is 7.07. The number of hydrogen-bond donors (Lipinski definition) is 2. The van der Waals surface area contributed by atoms with Crippen LogP contribution in [-0.4, -0.2) is 12.1 Å². The summed E-state index contributed by atoms with van der Waals surface area (Å²) in [7, 11) is 0. The van der Waals surface area contributed by atoms with Gasteiger partial charge in [-0.05, 0) is 50.5 Å². The largest absolute Gasteiger partial charge is 0.330 e. The van der Waals surface area contributed by atoms with E-state index in [9.17, 15) is 0 Å². The summed E-state index contributed by atoms with van der Waals surface area (Å²) in [5.74, 6) is 0. The van der Waals surface area contributed by atoms with E-state index in [1.165, 1.54) is 32.1 Å². The summed E-state index contributed by atoms with van der Waals surface area (Å²) in [5, 5.41) is 0. The minimum atomic E-state index is -0.335. The van der Waals surface area contributed by atoms with Crippen molar-refractivity contribution in [2.75, 3.05) is 6.54 Å². The fraction of sp³-hybridized carbons (Fsp3) is 0.636. The fourth-order valence-corrected chi connectivity index (χ4v) is 3.84. The maximum atomic E-state index is 6.90. The minimum absolute atomic E-state index is 0.0177. The zero-order chi connectivity index (χ0) is 18.3. The molecule has 0 aliphatic heterocycles. The molecular weight excluding hydrogens is 292 g/mol. The quantitative estimate of drug-likeness (QED) is 0.266. The molecule has 2 heteroatoms. The molecule has 0 radical (unpaired) electrons. The van der Waals surface area contributed by atoms with Crippen LogP contribution in [-0.2, 0) is 0 Å². The molecule has 138 valence electrons. The van der Waals surface area contributed by atoms with Crippen molar-refractivity contribution in [3.63, 3.8) is 0 Å². The third-order valence-electron chi connectivity index (χ3n) is 5.25. The normalized spacial score (nSPS) is 11.9. The van der Waals surface area contributed by atoms with Gasteiger partial charge in [0, 0.05) is 5.54 Å². The fourth-order valence-electron chi connectivity index (χ4n) is 3.84. The standard InChI is InChI=1S/C22H40N2/c1-5-15-21(16-6-2,22(24,17-7-3)18-8-4)19-13-11-9-10-12-14-20-23/h5-8H,1-4,9-20,23-24H2. The van der Waals surface area contributed by atoms with Crippen molar-refractivity contribution < 1.29 is 0 Å². The van der Waals surface area contributed by atoms with Crippen LogP contribution in [0.25, 0.3) is 0 Å². The van der Waals surface area contributed by atoms with Gasteiger partial charge in [-0.1, -0.05) is 56.4 Å². The third-order valence-corrected chi connectivity index (χ3v) is 5.25. The zero-order valence-electron chi connectivity index (χ0n) is 15.8. The number of rotatable bonds is 17. The summed E-state index contributed by atoms with van der Waals surface area (Å²) >= 11 is 0. The highest BCUT2D eigenvalue weighted by molar-refractivity contribution is 5.11. The first kappa shape index (κ1) is 22.9. The Labute approximate surface area is 150 Å². The van der Waals surface area contributed by atoms with Gasteiger partial charge >= 0.3 is 0 Å². The molecule has 0 rings (SSSR count). The van der Waals surface area contributed by atoms with E-state index in [1.807, 2.05) is 24.3 Å². The molecule has 0 aromatic rings. The Kier molecular flexibility index (Phi) is 12.6. The molecule has 0 saturated heterocycles. The van der Waals surface area contributed by atoms with Gasteiger partial charge < -0.3 is 11.5 Å². The van der Waals surface area contributed by atoms with Gasteiger partial charge in [-0.15, -0.1) is 26.3 Å². The van der Waals surface area contributed by atoms with E-state index in [0.29, 0.717) is 0 Å². The topological polar surface area (TPSA) is 52.0 Å². The van der Waals surface area contributed by atoms with Crippen molar-refractivity contribution in [3.8, 4) is 0 Å². The van der Waals surface area contributed by atoms with Crippen LogP contribution in [0.5, 0.6) is 0 Å². The molecule has 2 nitrogen and oxygen atoms in total. The van der Waals surface area contributed by atoms with Crippen LogP contribution < -0.4 is 11.5 Å². The molecule has 4 N–H and O–H groups in total. The van der Waals surface area contributed by atoms with Crippen molar-refractivity contribution in [2.24, 2.45) is 16.9 Å². The van der Waals surface area contributed by atoms with Gasteiger partial charge in [-0.3, -0.25) is 0 Å². The molecule has 0 aromatic carbocycles. The first-order valence-electron chi connectivity index (χ1n) is 9.48. The summed E-state index contributed by atoms with van der Waals surface area (Å²) in [6.07, 6.45) is 19.8. The van der Waals surface area contributed by atoms with Crippen molar-refractivity contribution >= 4 is 0 Å². The Morgan fingerprint density at radius 3 is 1.46 bits per heavy atom. The Morgan fingerprint density at radius 2 is 1.04 bits per heavy atom. The minimum Gasteiger partial charge on any atom is -0.330 e. The lowest BCUT2D eigenvalue weighted by molar-refractivity contribution is 0.108. The second kappa shape index (κ2) is 13.2. The summed E-state index contributed by atoms with van der Waals surface area (Å²) < 4.78 is 0. The zero-order valence-corrected chi connectivity index (χ0v) is 15.8. The molecule has 0 amide bonds. The Hall–Kier alpha value is -1.12. The highest BCUT2D eigenvalue weighted by Gasteiger charge is 2.44. The Morgan fingerprint density at radius 1 is 0.625 bits per heavy atom. The van der Waals surface area contributed by atoms with Crippen LogP contribution in [0, 0.1) is 5.41 Å². The van der Waals surface area contributed by atoms with E-state index in [-0.39, 0.29) is 11.0 Å². The van der Waals surface area contributed by atoms with Crippen LogP contribution in [0.2, 0.25) is 0 Å². The van der Waals surface area contributed by atoms with Gasteiger partial charge in [0.2, 0.25) is 0 Å². The Bertz CT molecular complexity index is 350. The summed E-state index contributed by atoms with van der Waals surface area (Å²) in [5.41, 5.74) is 12.1. The lowest BCUT2D eigenvalue weighted by Gasteiger charge is -2.48. The average molecular weight is 333 g/mol. The smallest absolute Gasteiger partial charge is 0.0286 e. The molecule has 0 aliphatic rings. The Balaban J connectivity index is 4.97. The molecule has 0 heterocycles. The highest BCUT2D eigenvalue weighted by Crippen LogP contribution is 2.46. The highest BCUT2D eigenvalue weighted by atomic mass is 14.8. The SMILES string of the molecule is C=CCC(N)(CC=C)C(CC=C)(CC=C)CCCCCCCCN. The molecule has 0 atom stereocenters. The van der Waals surface area contributed by atoms with Crippen LogP contribution >= 0.6 is 0 Å². The van der Waals surface area contributed by atoms with Crippen molar-refractivity contribution in [1.29, 1.82) is 0 Å². The monoisotopic (exact) mass is 332 g/mol. The van der Waals surface area contributed by atoms with Gasteiger partial charge in [0.1, 0.15) is 0 Å². The van der Waals surface area contributed by atoms with E-state index in [4.69, 9.17) is 11.5 Å². The van der Waals surface area contributed by atoms with Crippen molar-refractivity contribution in [3.05, 3.63) is 50.6 Å². The van der Waals surface area contributed by atoms with Crippen molar-refractivity contribution in [1.82, 2.24) is 0 Å². The van der Waals surface area contributed by atoms with Gasteiger partial charge in [0.25, 0.3) is 0 Å². The molecular formula is C22H40N2. The van der Waals surface area contributed by atoms with E-state index in [1.54, 1.807) is 0 Å². The lowest BCUT2D eigenvalue weighted by Crippen LogP contribution is -2.54. The summed E-state index contributed by atoms with van der Waals surface area (Å²) in [6.45, 7) is 16.6. The molecule has 24 heavy (non-hydrogen) atoms. The predicted octanol–water partition coefficient (Wildman–Crippen LogP) is 5.66. The van der Waals surface area contributed by atoms with Crippen LogP contribution in [0.1, 0.15) is 70.6 Å². The van der Waals surface area contributed by atoms with E-state index in [0.717, 1.165) is 45.1 Å². The molecule has 0 bridgehead atoms. The number of allylic oxidation sites excluding steroid dienone is 2. The maximum absolute atomic E-state index is 6.90. The lowest BCUT2D eigenvalue weighted by atomic mass is 9.60. The van der Waals surface area contributed by atoms with Crippen LogP contribution in [0.3, 0.4) is 0 Å². The second-order valence-corrected chi connectivity index (χ2v) is 7.07. The van der Waals surface area contributed by atoms with E-state index < -0.39 is 0 Å². The van der Waals surface area contributed by atoms with Gasteiger partial charge in [0.05, 0.1) is 0 Å². The molecule has 0 aromatic heterocycles. The molecule has 0 unspecified atom stereocenters. The third kappa shape index (κ3) is 7.19. The number of unbranched alkanes of at least 4 members (excludes halogenated alkanes) is 5. The van der Waals surface area contributed by atoms with Crippen LogP contribution in [0.15, 0.2) is 50.6 Å². The van der Waals surface area contributed by atoms with Crippen molar-refractivity contribution in [2.45, 2.75) is 76.2 Å². The van der Waals surface area contributed by atoms with Gasteiger partial charge in [-0.2, -0.15) is 0 Å². The number of nitrogens with two attached hydrogens (primary N) is 2. The number of hydrogen-bond acceptors (Lipinski definition) is 2. The first-order valence-corrected chi connectivity index (χ1v) is 9.48. The molecule has 0 saturated carbocycles. The van der Waals surface area contributed by atoms with E-state index in [2.05, 4.69) is 26.3 Å². The maximum Gasteiger partial charge on any atom is 0.0286 e. The predicted molar refractivity (Wildman–Crippen MR) is 110 cm³/mol. The first-order chi connectivity index (χ1) is 11.6. The average Bonchev–Trinajstić information content (AvgIpc) is 2.54. The molecule has 0 spiro atoms. The van der Waals surface area contributed by atoms with E-state index >= 15 is 0 Å². The van der Waals surface area contributed by atoms with Crippen LogP contribution in [0.4, 0.5) is 0 Å². The van der Waals surface area contributed by atoms with Gasteiger partial charge in [-0.25, -0.2) is 0 Å².